The van der Waals surface area contributed by atoms with Crippen LogP contribution < -0.4 is 11.1 Å². The van der Waals surface area contributed by atoms with Crippen molar-refractivity contribution in [2.45, 2.75) is 18.3 Å². The Bertz CT molecular complexity index is 1200. The average Bonchev–Trinajstić information content (AvgIpc) is 3.37. The van der Waals surface area contributed by atoms with Gasteiger partial charge in [-0.2, -0.15) is 0 Å². The predicted molar refractivity (Wildman–Crippen MR) is 120 cm³/mol. The second-order valence-corrected chi connectivity index (χ2v) is 9.58. The lowest BCUT2D eigenvalue weighted by Crippen LogP contribution is -2.71. The summed E-state index contributed by atoms with van der Waals surface area (Å²) in [5.74, 6) is -2.28. The highest BCUT2D eigenvalue weighted by Gasteiger charge is 2.54. The van der Waals surface area contributed by atoms with Gasteiger partial charge < -0.3 is 21.4 Å². The van der Waals surface area contributed by atoms with Gasteiger partial charge in [0.1, 0.15) is 22.8 Å². The zero-order chi connectivity index (χ0) is 23.0. The number of aryl methyl sites for hydroxylation is 1. The first-order valence-electron chi connectivity index (χ1n) is 9.05. The molecule has 0 radical (unpaired) electrons. The number of rotatable bonds is 6. The molecular weight excluding hydrogens is 476 g/mol. The van der Waals surface area contributed by atoms with Crippen LogP contribution in [0.3, 0.4) is 0 Å². The van der Waals surface area contributed by atoms with Crippen LogP contribution in [0.25, 0.3) is 6.08 Å². The Kier molecular flexibility index (Phi) is 5.99. The molecule has 2 atom stereocenters. The number of anilines is 1. The zero-order valence-corrected chi connectivity index (χ0v) is 18.8. The Balaban J connectivity index is 1.53. The smallest absolute Gasteiger partial charge is 0.352 e. The summed E-state index contributed by atoms with van der Waals surface area (Å²) in [6.07, 6.45) is 3.45. The quantitative estimate of drug-likeness (QED) is 0.200. The number of fused-ring (bicyclic) bond motifs is 1. The summed E-state index contributed by atoms with van der Waals surface area (Å²) in [5.41, 5.74) is 8.13. The van der Waals surface area contributed by atoms with E-state index in [-0.39, 0.29) is 22.2 Å². The number of aliphatic carboxylic acids is 1. The van der Waals surface area contributed by atoms with E-state index in [1.807, 2.05) is 6.92 Å². The summed E-state index contributed by atoms with van der Waals surface area (Å²) in [4.78, 5) is 47.4. The second-order valence-electron chi connectivity index (χ2n) is 6.69. The molecule has 32 heavy (non-hydrogen) atoms. The molecule has 2 aliphatic heterocycles. The molecule has 1 fully saturated rings. The van der Waals surface area contributed by atoms with Crippen molar-refractivity contribution in [2.24, 2.45) is 5.16 Å². The highest BCUT2D eigenvalue weighted by Crippen LogP contribution is 2.41. The van der Waals surface area contributed by atoms with Crippen LogP contribution in [0.4, 0.5) is 5.13 Å². The fourth-order valence-electron chi connectivity index (χ4n) is 3.24. The van der Waals surface area contributed by atoms with E-state index in [0.717, 1.165) is 26.8 Å². The van der Waals surface area contributed by atoms with Gasteiger partial charge in [-0.15, -0.1) is 34.4 Å². The van der Waals surface area contributed by atoms with Crippen LogP contribution in [0.5, 0.6) is 0 Å². The summed E-state index contributed by atoms with van der Waals surface area (Å²) in [6.45, 7) is 1.85. The summed E-state index contributed by atoms with van der Waals surface area (Å²) in [6, 6.07) is -0.969. The number of thioether (sulfide) groups is 1. The van der Waals surface area contributed by atoms with Crippen LogP contribution >= 0.6 is 34.4 Å². The SMILES string of the molecule is Cc1ncsc1/C=C/C1=C(C(=O)O)N2C(=O)C(NC(=O)/C(=N/O)c3csc(N)n3)C2SC1. The number of carbonyl (C=O) groups excluding carboxylic acids is 2. The molecule has 0 aromatic carbocycles. The number of hydrogen-bond donors (Lipinski definition) is 4. The van der Waals surface area contributed by atoms with Crippen LogP contribution in [-0.2, 0) is 14.4 Å². The van der Waals surface area contributed by atoms with Gasteiger partial charge in [-0.25, -0.2) is 14.8 Å². The van der Waals surface area contributed by atoms with E-state index in [9.17, 15) is 24.7 Å². The van der Waals surface area contributed by atoms with Crippen LogP contribution in [-0.4, -0.2) is 65.8 Å². The molecule has 2 aromatic heterocycles. The number of oxime groups is 1. The number of carbonyl (C=O) groups is 3. The minimum absolute atomic E-state index is 0.0735. The zero-order valence-electron chi connectivity index (χ0n) is 16.4. The van der Waals surface area contributed by atoms with Gasteiger partial charge in [0.25, 0.3) is 11.8 Å². The van der Waals surface area contributed by atoms with Gasteiger partial charge in [-0.1, -0.05) is 11.2 Å². The van der Waals surface area contributed by atoms with Crippen LogP contribution in [0, 0.1) is 6.92 Å². The van der Waals surface area contributed by atoms with Gasteiger partial charge in [0.05, 0.1) is 11.2 Å². The standard InChI is InChI=1S/C18H16N6O5S3/c1-7-10(32-6-20-7)3-2-8-4-30-16-12(15(26)24(16)13(8)17(27)28)22-14(25)11(23-29)9-5-31-18(19)21-9/h2-3,5-6,12,16,29H,4H2,1H3,(H2,19,21)(H,22,25)(H,27,28)/b3-2+,23-11+. The number of nitrogens with one attached hydrogen (secondary N) is 1. The highest BCUT2D eigenvalue weighted by molar-refractivity contribution is 8.00. The number of nitrogen functional groups attached to an aromatic ring is 1. The molecule has 2 aromatic rings. The largest absolute Gasteiger partial charge is 0.477 e. The van der Waals surface area contributed by atoms with E-state index in [4.69, 9.17) is 5.73 Å². The van der Waals surface area contributed by atoms with Crippen molar-refractivity contribution < 1.29 is 24.7 Å². The van der Waals surface area contributed by atoms with Crippen molar-refractivity contribution in [3.05, 3.63) is 44.5 Å². The molecule has 11 nitrogen and oxygen atoms in total. The molecule has 2 aliphatic rings. The van der Waals surface area contributed by atoms with Crippen LogP contribution in [0.2, 0.25) is 0 Å². The fourth-order valence-corrected chi connectivity index (χ4v) is 5.80. The van der Waals surface area contributed by atoms with Gasteiger partial charge in [0, 0.05) is 16.0 Å². The summed E-state index contributed by atoms with van der Waals surface area (Å²) < 4.78 is 0. The first-order valence-corrected chi connectivity index (χ1v) is 11.9. The molecule has 4 heterocycles. The number of carboxylic acids is 1. The second kappa shape index (κ2) is 8.72. The van der Waals surface area contributed by atoms with Crippen molar-refractivity contribution in [3.63, 3.8) is 0 Å². The van der Waals surface area contributed by atoms with E-state index < -0.39 is 29.2 Å². The molecular formula is C18H16N6O5S3. The summed E-state index contributed by atoms with van der Waals surface area (Å²) >= 11 is 3.82. The van der Waals surface area contributed by atoms with E-state index in [2.05, 4.69) is 20.4 Å². The van der Waals surface area contributed by atoms with Crippen molar-refractivity contribution in [1.82, 2.24) is 20.2 Å². The Labute approximate surface area is 193 Å². The molecule has 0 bridgehead atoms. The Morgan fingerprint density at radius 1 is 1.38 bits per heavy atom. The number of aromatic nitrogens is 2. The van der Waals surface area contributed by atoms with Crippen molar-refractivity contribution in [1.29, 1.82) is 0 Å². The molecule has 4 rings (SSSR count). The first kappa shape index (κ1) is 22.0. The van der Waals surface area contributed by atoms with Gasteiger partial charge in [0.2, 0.25) is 0 Å². The third-order valence-corrected chi connectivity index (χ3v) is 7.66. The number of amides is 2. The van der Waals surface area contributed by atoms with Gasteiger partial charge in [-0.05, 0) is 18.6 Å². The maximum atomic E-state index is 12.8. The molecule has 5 N–H and O–H groups in total. The number of hydrogen-bond acceptors (Lipinski definition) is 11. The topological polar surface area (TPSA) is 171 Å². The number of allylic oxidation sites excluding steroid dienone is 1. The van der Waals surface area contributed by atoms with Crippen LogP contribution in [0.15, 0.2) is 33.4 Å². The lowest BCUT2D eigenvalue weighted by molar-refractivity contribution is -0.150. The first-order chi connectivity index (χ1) is 15.3. The van der Waals surface area contributed by atoms with Gasteiger partial charge in [-0.3, -0.25) is 14.5 Å². The van der Waals surface area contributed by atoms with E-state index in [1.165, 1.54) is 28.5 Å². The number of β-lactam (4-membered cyclic amide) rings is 1. The molecule has 0 aliphatic carbocycles. The molecule has 0 saturated carbocycles. The number of nitrogens with zero attached hydrogens (tertiary/aromatic N) is 4. The lowest BCUT2D eigenvalue weighted by atomic mass is 10.0. The van der Waals surface area contributed by atoms with Crippen molar-refractivity contribution in [2.75, 3.05) is 11.5 Å². The molecule has 0 spiro atoms. The van der Waals surface area contributed by atoms with E-state index in [1.54, 1.807) is 17.7 Å². The molecule has 1 saturated heterocycles. The fraction of sp³-hybridized carbons (Fsp3) is 0.222. The number of nitrogens with two attached hydrogens (primary N) is 1. The maximum Gasteiger partial charge on any atom is 0.352 e. The number of carboxylic acid groups (broad SMARTS) is 1. The Morgan fingerprint density at radius 3 is 2.75 bits per heavy atom. The molecule has 166 valence electrons. The van der Waals surface area contributed by atoms with Crippen molar-refractivity contribution in [3.8, 4) is 0 Å². The summed E-state index contributed by atoms with van der Waals surface area (Å²) in [5, 5.41) is 25.5. The monoisotopic (exact) mass is 492 g/mol. The maximum absolute atomic E-state index is 12.8. The summed E-state index contributed by atoms with van der Waals surface area (Å²) in [7, 11) is 0. The molecule has 2 amide bonds. The van der Waals surface area contributed by atoms with Crippen LogP contribution in [0.1, 0.15) is 16.3 Å². The van der Waals surface area contributed by atoms with E-state index >= 15 is 0 Å². The average molecular weight is 493 g/mol. The molecule has 2 unspecified atom stereocenters. The minimum Gasteiger partial charge on any atom is -0.477 e. The van der Waals surface area contributed by atoms with E-state index in [0.29, 0.717) is 11.3 Å². The van der Waals surface area contributed by atoms with Crippen molar-refractivity contribution >= 4 is 69.1 Å². The Morgan fingerprint density at radius 2 is 2.16 bits per heavy atom. The lowest BCUT2D eigenvalue weighted by Gasteiger charge is -2.49. The minimum atomic E-state index is -1.23. The normalized spacial score (nSPS) is 21.0. The van der Waals surface area contributed by atoms with Gasteiger partial charge in [0.15, 0.2) is 10.8 Å². The third kappa shape index (κ3) is 3.87. The highest BCUT2D eigenvalue weighted by atomic mass is 32.2. The van der Waals surface area contributed by atoms with Gasteiger partial charge >= 0.3 is 5.97 Å². The Hall–Kier alpha value is -3.23. The predicted octanol–water partition coefficient (Wildman–Crippen LogP) is 1.12. The molecule has 14 heteroatoms. The number of thiazole rings is 2. The third-order valence-electron chi connectivity index (χ3n) is 4.79.